The SMILES string of the molecule is COc1cc(C(C)CC(=O)O)ccc1C. The van der Waals surface area contributed by atoms with Gasteiger partial charge in [-0.25, -0.2) is 0 Å². The molecular weight excluding hydrogens is 192 g/mol. The monoisotopic (exact) mass is 208 g/mol. The van der Waals surface area contributed by atoms with Crippen LogP contribution in [0.25, 0.3) is 0 Å². The molecule has 0 aromatic heterocycles. The van der Waals surface area contributed by atoms with Crippen molar-refractivity contribution in [3.8, 4) is 5.75 Å². The highest BCUT2D eigenvalue weighted by atomic mass is 16.5. The number of benzene rings is 1. The molecule has 0 saturated heterocycles. The summed E-state index contributed by atoms with van der Waals surface area (Å²) in [5, 5.41) is 8.70. The highest BCUT2D eigenvalue weighted by molar-refractivity contribution is 5.68. The van der Waals surface area contributed by atoms with Crippen LogP contribution in [0.2, 0.25) is 0 Å². The third kappa shape index (κ3) is 2.98. The fraction of sp³-hybridized carbons (Fsp3) is 0.417. The van der Waals surface area contributed by atoms with E-state index in [2.05, 4.69) is 0 Å². The summed E-state index contributed by atoms with van der Waals surface area (Å²) in [6, 6.07) is 5.81. The molecule has 0 bridgehead atoms. The molecule has 0 aliphatic heterocycles. The Hall–Kier alpha value is -1.51. The number of carboxylic acid groups (broad SMARTS) is 1. The molecule has 0 saturated carbocycles. The van der Waals surface area contributed by atoms with Gasteiger partial charge < -0.3 is 9.84 Å². The van der Waals surface area contributed by atoms with E-state index in [1.54, 1.807) is 7.11 Å². The van der Waals surface area contributed by atoms with E-state index in [0.717, 1.165) is 16.9 Å². The van der Waals surface area contributed by atoms with Crippen LogP contribution in [0.1, 0.15) is 30.4 Å². The molecule has 1 N–H and O–H groups in total. The minimum atomic E-state index is -0.776. The average Bonchev–Trinajstić information content (AvgIpc) is 2.17. The van der Waals surface area contributed by atoms with E-state index in [4.69, 9.17) is 9.84 Å². The summed E-state index contributed by atoms with van der Waals surface area (Å²) in [4.78, 5) is 10.6. The molecule has 15 heavy (non-hydrogen) atoms. The lowest BCUT2D eigenvalue weighted by Crippen LogP contribution is -2.03. The summed E-state index contributed by atoms with van der Waals surface area (Å²) >= 11 is 0. The maximum Gasteiger partial charge on any atom is 0.303 e. The zero-order chi connectivity index (χ0) is 11.4. The molecule has 1 unspecified atom stereocenters. The van der Waals surface area contributed by atoms with Crippen LogP contribution in [0.3, 0.4) is 0 Å². The molecule has 1 aromatic carbocycles. The number of methoxy groups -OCH3 is 1. The van der Waals surface area contributed by atoms with E-state index < -0.39 is 5.97 Å². The molecule has 0 amide bonds. The van der Waals surface area contributed by atoms with Crippen molar-refractivity contribution in [3.63, 3.8) is 0 Å². The van der Waals surface area contributed by atoms with Crippen LogP contribution < -0.4 is 4.74 Å². The Morgan fingerprint density at radius 3 is 2.73 bits per heavy atom. The molecule has 0 heterocycles. The third-order valence-corrected chi connectivity index (χ3v) is 2.48. The van der Waals surface area contributed by atoms with Gasteiger partial charge in [-0.1, -0.05) is 19.1 Å². The lowest BCUT2D eigenvalue weighted by atomic mass is 9.96. The van der Waals surface area contributed by atoms with E-state index in [9.17, 15) is 4.79 Å². The average molecular weight is 208 g/mol. The smallest absolute Gasteiger partial charge is 0.303 e. The number of aryl methyl sites for hydroxylation is 1. The summed E-state index contributed by atoms with van der Waals surface area (Å²) < 4.78 is 5.19. The van der Waals surface area contributed by atoms with Gasteiger partial charge in [0.2, 0.25) is 0 Å². The first-order chi connectivity index (χ1) is 7.04. The maximum atomic E-state index is 10.6. The second-order valence-corrected chi connectivity index (χ2v) is 3.73. The zero-order valence-corrected chi connectivity index (χ0v) is 9.28. The summed E-state index contributed by atoms with van der Waals surface area (Å²) in [6.45, 7) is 3.86. The first-order valence-corrected chi connectivity index (χ1v) is 4.91. The number of carboxylic acids is 1. The van der Waals surface area contributed by atoms with Crippen molar-refractivity contribution in [2.45, 2.75) is 26.2 Å². The van der Waals surface area contributed by atoms with Crippen molar-refractivity contribution in [2.75, 3.05) is 7.11 Å². The first-order valence-electron chi connectivity index (χ1n) is 4.91. The third-order valence-electron chi connectivity index (χ3n) is 2.48. The van der Waals surface area contributed by atoms with Crippen molar-refractivity contribution in [2.24, 2.45) is 0 Å². The predicted octanol–water partition coefficient (Wildman–Crippen LogP) is 2.58. The molecule has 0 radical (unpaired) electrons. The molecular formula is C12H16O3. The van der Waals surface area contributed by atoms with Crippen LogP contribution in [0, 0.1) is 6.92 Å². The van der Waals surface area contributed by atoms with Crippen molar-refractivity contribution >= 4 is 5.97 Å². The van der Waals surface area contributed by atoms with Crippen LogP contribution in [-0.2, 0) is 4.79 Å². The molecule has 1 atom stereocenters. The second-order valence-electron chi connectivity index (χ2n) is 3.73. The number of hydrogen-bond donors (Lipinski definition) is 1. The largest absolute Gasteiger partial charge is 0.496 e. The van der Waals surface area contributed by atoms with Gasteiger partial charge in [0.25, 0.3) is 0 Å². The Labute approximate surface area is 89.7 Å². The Kier molecular flexibility index (Phi) is 3.72. The van der Waals surface area contributed by atoms with Crippen molar-refractivity contribution < 1.29 is 14.6 Å². The fourth-order valence-electron chi connectivity index (χ4n) is 1.52. The topological polar surface area (TPSA) is 46.5 Å². The van der Waals surface area contributed by atoms with E-state index in [1.807, 2.05) is 32.0 Å². The number of rotatable bonds is 4. The Morgan fingerprint density at radius 1 is 1.53 bits per heavy atom. The summed E-state index contributed by atoms with van der Waals surface area (Å²) in [6.07, 6.45) is 0.145. The van der Waals surface area contributed by atoms with Gasteiger partial charge in [-0.05, 0) is 30.0 Å². The molecule has 3 nitrogen and oxygen atoms in total. The van der Waals surface area contributed by atoms with E-state index >= 15 is 0 Å². The maximum absolute atomic E-state index is 10.6. The zero-order valence-electron chi connectivity index (χ0n) is 9.28. The quantitative estimate of drug-likeness (QED) is 0.827. The molecule has 0 aliphatic carbocycles. The molecule has 0 spiro atoms. The Bertz CT molecular complexity index is 358. The van der Waals surface area contributed by atoms with Gasteiger partial charge in [0.15, 0.2) is 0 Å². The molecule has 0 aliphatic rings. The van der Waals surface area contributed by atoms with Crippen LogP contribution in [0.4, 0.5) is 0 Å². The van der Waals surface area contributed by atoms with E-state index in [1.165, 1.54) is 0 Å². The van der Waals surface area contributed by atoms with Gasteiger partial charge in [-0.3, -0.25) is 4.79 Å². The highest BCUT2D eigenvalue weighted by Gasteiger charge is 2.11. The number of hydrogen-bond acceptors (Lipinski definition) is 2. The van der Waals surface area contributed by atoms with Gasteiger partial charge in [0, 0.05) is 0 Å². The summed E-state index contributed by atoms with van der Waals surface area (Å²) in [5.41, 5.74) is 2.06. The predicted molar refractivity (Wildman–Crippen MR) is 58.4 cm³/mol. The van der Waals surface area contributed by atoms with Crippen molar-refractivity contribution in [1.82, 2.24) is 0 Å². The summed E-state index contributed by atoms with van der Waals surface area (Å²) in [5.74, 6) is 0.0452. The molecule has 0 fully saturated rings. The van der Waals surface area contributed by atoms with Gasteiger partial charge >= 0.3 is 5.97 Å². The lowest BCUT2D eigenvalue weighted by Gasteiger charge is -2.12. The highest BCUT2D eigenvalue weighted by Crippen LogP contribution is 2.25. The fourth-order valence-corrected chi connectivity index (χ4v) is 1.52. The van der Waals surface area contributed by atoms with Crippen molar-refractivity contribution in [3.05, 3.63) is 29.3 Å². The van der Waals surface area contributed by atoms with Crippen LogP contribution in [-0.4, -0.2) is 18.2 Å². The van der Waals surface area contributed by atoms with Crippen LogP contribution in [0.15, 0.2) is 18.2 Å². The van der Waals surface area contributed by atoms with Crippen molar-refractivity contribution in [1.29, 1.82) is 0 Å². The van der Waals surface area contributed by atoms with Crippen LogP contribution in [0.5, 0.6) is 5.75 Å². The second kappa shape index (κ2) is 4.82. The van der Waals surface area contributed by atoms with Gasteiger partial charge in [0.1, 0.15) is 5.75 Å². The molecule has 82 valence electrons. The Balaban J connectivity index is 2.90. The van der Waals surface area contributed by atoms with E-state index in [0.29, 0.717) is 0 Å². The summed E-state index contributed by atoms with van der Waals surface area (Å²) in [7, 11) is 1.62. The number of carbonyl (C=O) groups is 1. The van der Waals surface area contributed by atoms with Gasteiger partial charge in [-0.2, -0.15) is 0 Å². The number of ether oxygens (including phenoxy) is 1. The normalized spacial score (nSPS) is 12.2. The van der Waals surface area contributed by atoms with Gasteiger partial charge in [-0.15, -0.1) is 0 Å². The minimum Gasteiger partial charge on any atom is -0.496 e. The molecule has 3 heteroatoms. The number of aliphatic carboxylic acids is 1. The molecule has 1 aromatic rings. The van der Waals surface area contributed by atoms with E-state index in [-0.39, 0.29) is 12.3 Å². The van der Waals surface area contributed by atoms with Gasteiger partial charge in [0.05, 0.1) is 13.5 Å². The Morgan fingerprint density at radius 2 is 2.20 bits per heavy atom. The van der Waals surface area contributed by atoms with Crippen LogP contribution >= 0.6 is 0 Å². The minimum absolute atomic E-state index is 0.0111. The standard InChI is InChI=1S/C12H16O3/c1-8-4-5-10(7-11(8)15-3)9(2)6-12(13)14/h4-5,7,9H,6H2,1-3H3,(H,13,14). The molecule has 1 rings (SSSR count). The lowest BCUT2D eigenvalue weighted by molar-refractivity contribution is -0.137. The first kappa shape index (κ1) is 11.6.